The summed E-state index contributed by atoms with van der Waals surface area (Å²) in [5.41, 5.74) is 0.586. The summed E-state index contributed by atoms with van der Waals surface area (Å²) in [6.07, 6.45) is 0. The van der Waals surface area contributed by atoms with Gasteiger partial charge in [0.2, 0.25) is 5.91 Å². The lowest BCUT2D eigenvalue weighted by molar-refractivity contribution is -0.122. The number of hydrogen-bond acceptors (Lipinski definition) is 2. The van der Waals surface area contributed by atoms with E-state index >= 15 is 0 Å². The van der Waals surface area contributed by atoms with E-state index in [4.69, 9.17) is 0 Å². The van der Waals surface area contributed by atoms with Crippen LogP contribution >= 0.6 is 15.9 Å². The van der Waals surface area contributed by atoms with Crippen LogP contribution in [-0.4, -0.2) is 35.8 Å². The van der Waals surface area contributed by atoms with E-state index in [1.165, 1.54) is 4.90 Å². The molecule has 0 aliphatic carbocycles. The van der Waals surface area contributed by atoms with E-state index in [9.17, 15) is 9.59 Å². The van der Waals surface area contributed by atoms with Crippen molar-refractivity contribution < 1.29 is 9.59 Å². The van der Waals surface area contributed by atoms with Gasteiger partial charge in [0.15, 0.2) is 0 Å². The van der Waals surface area contributed by atoms with Crippen LogP contribution in [0.25, 0.3) is 0 Å². The third-order valence-corrected chi connectivity index (χ3v) is 3.07. The van der Waals surface area contributed by atoms with Gasteiger partial charge in [-0.05, 0) is 45.0 Å². The largest absolute Gasteiger partial charge is 0.352 e. The predicted molar refractivity (Wildman–Crippen MR) is 79.0 cm³/mol. The topological polar surface area (TPSA) is 49.4 Å². The summed E-state index contributed by atoms with van der Waals surface area (Å²) in [7, 11) is 0. The number of halogens is 1. The number of carbonyl (C=O) groups is 2. The zero-order valence-corrected chi connectivity index (χ0v) is 13.0. The van der Waals surface area contributed by atoms with Crippen LogP contribution < -0.4 is 5.32 Å². The van der Waals surface area contributed by atoms with Gasteiger partial charge in [-0.1, -0.05) is 15.9 Å². The fourth-order valence-corrected chi connectivity index (χ4v) is 1.91. The molecule has 0 bridgehead atoms. The number of hydrogen-bond donors (Lipinski definition) is 1. The second kappa shape index (κ2) is 7.28. The number of carbonyl (C=O) groups excluding carboxylic acids is 2. The Labute approximate surface area is 122 Å². The summed E-state index contributed by atoms with van der Waals surface area (Å²) in [5, 5.41) is 2.78. The van der Waals surface area contributed by atoms with Gasteiger partial charge >= 0.3 is 0 Å². The molecule has 0 atom stereocenters. The first-order chi connectivity index (χ1) is 8.93. The first-order valence-corrected chi connectivity index (χ1v) is 7.07. The maximum atomic E-state index is 12.2. The van der Waals surface area contributed by atoms with Crippen LogP contribution in [0.3, 0.4) is 0 Å². The van der Waals surface area contributed by atoms with Crippen molar-refractivity contribution in [1.82, 2.24) is 10.2 Å². The molecule has 0 heterocycles. The van der Waals surface area contributed by atoms with Crippen LogP contribution in [0, 0.1) is 0 Å². The number of likely N-dealkylation sites (N-methyl/N-ethyl adjacent to an activating group) is 1. The Morgan fingerprint density at radius 2 is 1.84 bits per heavy atom. The molecule has 104 valence electrons. The SMILES string of the molecule is CCN(CC(=O)NC(C)C)C(=O)c1ccc(Br)cc1. The van der Waals surface area contributed by atoms with Crippen LogP contribution in [0.4, 0.5) is 0 Å². The Morgan fingerprint density at radius 1 is 1.26 bits per heavy atom. The lowest BCUT2D eigenvalue weighted by Crippen LogP contribution is -2.42. The molecular formula is C14H19BrN2O2. The van der Waals surface area contributed by atoms with Crippen molar-refractivity contribution in [2.24, 2.45) is 0 Å². The van der Waals surface area contributed by atoms with E-state index in [1.54, 1.807) is 12.1 Å². The molecule has 1 aromatic rings. The standard InChI is InChI=1S/C14H19BrN2O2/c1-4-17(9-13(18)16-10(2)3)14(19)11-5-7-12(15)8-6-11/h5-8,10H,4,9H2,1-3H3,(H,16,18). The highest BCUT2D eigenvalue weighted by atomic mass is 79.9. The van der Waals surface area contributed by atoms with Gasteiger partial charge in [-0.3, -0.25) is 9.59 Å². The molecular weight excluding hydrogens is 308 g/mol. The van der Waals surface area contributed by atoms with Crippen molar-refractivity contribution in [3.8, 4) is 0 Å². The fourth-order valence-electron chi connectivity index (χ4n) is 1.64. The van der Waals surface area contributed by atoms with Crippen molar-refractivity contribution in [2.75, 3.05) is 13.1 Å². The molecule has 0 unspecified atom stereocenters. The van der Waals surface area contributed by atoms with Gasteiger partial charge in [0.05, 0.1) is 6.54 Å². The highest BCUT2D eigenvalue weighted by Gasteiger charge is 2.17. The van der Waals surface area contributed by atoms with E-state index in [0.717, 1.165) is 4.47 Å². The lowest BCUT2D eigenvalue weighted by Gasteiger charge is -2.21. The molecule has 0 aliphatic heterocycles. The number of rotatable bonds is 5. The summed E-state index contributed by atoms with van der Waals surface area (Å²) < 4.78 is 0.921. The Kier molecular flexibility index (Phi) is 6.02. The molecule has 0 spiro atoms. The summed E-state index contributed by atoms with van der Waals surface area (Å²) >= 11 is 3.33. The summed E-state index contributed by atoms with van der Waals surface area (Å²) in [6.45, 7) is 6.23. The van der Waals surface area contributed by atoms with Crippen molar-refractivity contribution in [1.29, 1.82) is 0 Å². The van der Waals surface area contributed by atoms with Crippen LogP contribution in [0.5, 0.6) is 0 Å². The van der Waals surface area contributed by atoms with Crippen LogP contribution in [0.15, 0.2) is 28.7 Å². The average Bonchev–Trinajstić information content (AvgIpc) is 2.35. The first-order valence-electron chi connectivity index (χ1n) is 6.28. The summed E-state index contributed by atoms with van der Waals surface area (Å²) in [6, 6.07) is 7.20. The molecule has 0 fully saturated rings. The number of benzene rings is 1. The molecule has 19 heavy (non-hydrogen) atoms. The molecule has 5 heteroatoms. The van der Waals surface area contributed by atoms with E-state index in [-0.39, 0.29) is 24.4 Å². The third-order valence-electron chi connectivity index (χ3n) is 2.54. The van der Waals surface area contributed by atoms with Crippen LogP contribution in [-0.2, 0) is 4.79 Å². The maximum absolute atomic E-state index is 12.2. The van der Waals surface area contributed by atoms with Crippen molar-refractivity contribution in [2.45, 2.75) is 26.8 Å². The Bertz CT molecular complexity index is 443. The third kappa shape index (κ3) is 5.03. The second-order valence-corrected chi connectivity index (χ2v) is 5.46. The predicted octanol–water partition coefficient (Wildman–Crippen LogP) is 2.44. The molecule has 1 rings (SSSR count). The van der Waals surface area contributed by atoms with Crippen LogP contribution in [0.1, 0.15) is 31.1 Å². The molecule has 4 nitrogen and oxygen atoms in total. The molecule has 1 aromatic carbocycles. The highest BCUT2D eigenvalue weighted by Crippen LogP contribution is 2.12. The highest BCUT2D eigenvalue weighted by molar-refractivity contribution is 9.10. The Balaban J connectivity index is 2.71. The molecule has 0 saturated heterocycles. The van der Waals surface area contributed by atoms with E-state index in [2.05, 4.69) is 21.2 Å². The zero-order chi connectivity index (χ0) is 14.4. The Morgan fingerprint density at radius 3 is 2.32 bits per heavy atom. The van der Waals surface area contributed by atoms with Crippen LogP contribution in [0.2, 0.25) is 0 Å². The van der Waals surface area contributed by atoms with Gasteiger partial charge in [0, 0.05) is 22.6 Å². The molecule has 0 aliphatic rings. The lowest BCUT2D eigenvalue weighted by atomic mass is 10.2. The normalized spacial score (nSPS) is 10.4. The number of nitrogens with one attached hydrogen (secondary N) is 1. The molecule has 1 N–H and O–H groups in total. The zero-order valence-electron chi connectivity index (χ0n) is 11.4. The number of amides is 2. The number of nitrogens with zero attached hydrogens (tertiary/aromatic N) is 1. The van der Waals surface area contributed by atoms with Gasteiger partial charge in [0.25, 0.3) is 5.91 Å². The van der Waals surface area contributed by atoms with Gasteiger partial charge in [-0.15, -0.1) is 0 Å². The van der Waals surface area contributed by atoms with E-state index in [1.807, 2.05) is 32.9 Å². The maximum Gasteiger partial charge on any atom is 0.254 e. The van der Waals surface area contributed by atoms with Gasteiger partial charge in [0.1, 0.15) is 0 Å². The first kappa shape index (κ1) is 15.7. The monoisotopic (exact) mass is 326 g/mol. The minimum atomic E-state index is -0.137. The Hall–Kier alpha value is -1.36. The molecule has 2 amide bonds. The van der Waals surface area contributed by atoms with Gasteiger partial charge in [-0.2, -0.15) is 0 Å². The van der Waals surface area contributed by atoms with E-state index in [0.29, 0.717) is 12.1 Å². The summed E-state index contributed by atoms with van der Waals surface area (Å²) in [5.74, 6) is -0.267. The molecule has 0 saturated carbocycles. The van der Waals surface area contributed by atoms with Gasteiger partial charge < -0.3 is 10.2 Å². The average molecular weight is 327 g/mol. The van der Waals surface area contributed by atoms with Crippen molar-refractivity contribution in [3.05, 3.63) is 34.3 Å². The summed E-state index contributed by atoms with van der Waals surface area (Å²) in [4.78, 5) is 25.5. The minimum absolute atomic E-state index is 0.0778. The minimum Gasteiger partial charge on any atom is -0.352 e. The van der Waals surface area contributed by atoms with Crippen molar-refractivity contribution >= 4 is 27.7 Å². The quantitative estimate of drug-likeness (QED) is 0.903. The van der Waals surface area contributed by atoms with E-state index < -0.39 is 0 Å². The van der Waals surface area contributed by atoms with Gasteiger partial charge in [-0.25, -0.2) is 0 Å². The smallest absolute Gasteiger partial charge is 0.254 e. The van der Waals surface area contributed by atoms with Crippen molar-refractivity contribution in [3.63, 3.8) is 0 Å². The fraction of sp³-hybridized carbons (Fsp3) is 0.429. The second-order valence-electron chi connectivity index (χ2n) is 4.55. The molecule has 0 aromatic heterocycles. The molecule has 0 radical (unpaired) electrons.